The molecule has 0 saturated heterocycles. The van der Waals surface area contributed by atoms with Crippen molar-refractivity contribution < 1.29 is 14.3 Å². The number of hydrogen-bond acceptors (Lipinski definition) is 2. The molecule has 0 heterocycles. The minimum absolute atomic E-state index is 0.0493. The van der Waals surface area contributed by atoms with Gasteiger partial charge in [-0.15, -0.1) is 0 Å². The number of aliphatic hydroxyl groups is 1. The maximum Gasteiger partial charge on any atom is 0.252 e. The third kappa shape index (κ3) is 3.79. The molecule has 0 aliphatic carbocycles. The molecule has 1 rings (SSSR count). The fourth-order valence-electron chi connectivity index (χ4n) is 1.07. The lowest BCUT2D eigenvalue weighted by molar-refractivity contribution is 0.0694. The van der Waals surface area contributed by atoms with E-state index in [4.69, 9.17) is 11.6 Å². The molecule has 2 N–H and O–H groups in total. The Morgan fingerprint density at radius 1 is 1.56 bits per heavy atom. The summed E-state index contributed by atoms with van der Waals surface area (Å²) in [4.78, 5) is 11.6. The summed E-state index contributed by atoms with van der Waals surface area (Å²) < 4.78 is 12.7. The third-order valence-corrected chi connectivity index (χ3v) is 2.17. The van der Waals surface area contributed by atoms with Gasteiger partial charge in [0.2, 0.25) is 0 Å². The second-order valence-corrected chi connectivity index (χ2v) is 4.53. The van der Waals surface area contributed by atoms with Gasteiger partial charge in [0.15, 0.2) is 0 Å². The molecule has 0 fully saturated rings. The molecule has 1 aromatic rings. The van der Waals surface area contributed by atoms with Crippen molar-refractivity contribution in [2.45, 2.75) is 19.4 Å². The summed E-state index contributed by atoms with van der Waals surface area (Å²) in [6.45, 7) is 3.23. The average molecular weight is 246 g/mol. The van der Waals surface area contributed by atoms with Gasteiger partial charge in [0.1, 0.15) is 5.82 Å². The molecule has 0 unspecified atom stereocenters. The maximum atomic E-state index is 12.7. The highest BCUT2D eigenvalue weighted by Crippen LogP contribution is 2.17. The van der Waals surface area contributed by atoms with Gasteiger partial charge in [-0.3, -0.25) is 4.79 Å². The number of rotatable bonds is 3. The van der Waals surface area contributed by atoms with Gasteiger partial charge in [-0.1, -0.05) is 11.6 Å². The standard InChI is InChI=1S/C11H13ClFNO2/c1-11(2,16)6-14-10(15)8-4-3-7(13)5-9(8)12/h3-5,16H,6H2,1-2H3,(H,14,15). The second kappa shape index (κ2) is 4.80. The summed E-state index contributed by atoms with van der Waals surface area (Å²) in [6.07, 6.45) is 0. The van der Waals surface area contributed by atoms with Crippen LogP contribution in [0.15, 0.2) is 18.2 Å². The van der Waals surface area contributed by atoms with Crippen molar-refractivity contribution in [2.75, 3.05) is 6.54 Å². The average Bonchev–Trinajstić information content (AvgIpc) is 2.13. The van der Waals surface area contributed by atoms with Crippen LogP contribution < -0.4 is 5.32 Å². The molecule has 0 aliphatic rings. The van der Waals surface area contributed by atoms with E-state index in [1.807, 2.05) is 0 Å². The lowest BCUT2D eigenvalue weighted by atomic mass is 10.1. The molecule has 0 bridgehead atoms. The number of carbonyl (C=O) groups excluding carboxylic acids is 1. The van der Waals surface area contributed by atoms with Crippen LogP contribution in [0.25, 0.3) is 0 Å². The molecule has 5 heteroatoms. The van der Waals surface area contributed by atoms with E-state index < -0.39 is 17.3 Å². The van der Waals surface area contributed by atoms with E-state index in [2.05, 4.69) is 5.32 Å². The molecular formula is C11H13ClFNO2. The zero-order chi connectivity index (χ0) is 12.3. The summed E-state index contributed by atoms with van der Waals surface area (Å²) >= 11 is 5.71. The van der Waals surface area contributed by atoms with Crippen LogP contribution in [0.1, 0.15) is 24.2 Å². The fraction of sp³-hybridized carbons (Fsp3) is 0.364. The summed E-state index contributed by atoms with van der Waals surface area (Å²) in [5.41, 5.74) is -0.811. The molecule has 1 amide bonds. The van der Waals surface area contributed by atoms with Gasteiger partial charge >= 0.3 is 0 Å². The zero-order valence-corrected chi connectivity index (χ0v) is 9.81. The van der Waals surface area contributed by atoms with E-state index in [1.165, 1.54) is 6.07 Å². The van der Waals surface area contributed by atoms with E-state index in [1.54, 1.807) is 13.8 Å². The van der Waals surface area contributed by atoms with Crippen LogP contribution in [0.4, 0.5) is 4.39 Å². The fourth-order valence-corrected chi connectivity index (χ4v) is 1.32. The highest BCUT2D eigenvalue weighted by molar-refractivity contribution is 6.33. The first-order chi connectivity index (χ1) is 7.29. The Labute approximate surface area is 98.2 Å². The Morgan fingerprint density at radius 3 is 2.69 bits per heavy atom. The zero-order valence-electron chi connectivity index (χ0n) is 9.05. The molecule has 0 spiro atoms. The minimum atomic E-state index is -0.998. The molecule has 88 valence electrons. The van der Waals surface area contributed by atoms with Gasteiger partial charge in [-0.05, 0) is 32.0 Å². The third-order valence-electron chi connectivity index (χ3n) is 1.86. The maximum absolute atomic E-state index is 12.7. The van der Waals surface area contributed by atoms with Gasteiger partial charge in [-0.25, -0.2) is 4.39 Å². The predicted octanol–water partition coefficient (Wildman–Crippen LogP) is 1.98. The molecule has 0 radical (unpaired) electrons. The van der Waals surface area contributed by atoms with Gasteiger partial charge in [0, 0.05) is 6.54 Å². The van der Waals surface area contributed by atoms with Crippen LogP contribution in [0.3, 0.4) is 0 Å². The molecule has 16 heavy (non-hydrogen) atoms. The SMILES string of the molecule is CC(C)(O)CNC(=O)c1ccc(F)cc1Cl. The highest BCUT2D eigenvalue weighted by atomic mass is 35.5. The summed E-state index contributed by atoms with van der Waals surface area (Å²) in [5.74, 6) is -0.934. The van der Waals surface area contributed by atoms with Crippen molar-refractivity contribution in [3.63, 3.8) is 0 Å². The minimum Gasteiger partial charge on any atom is -0.389 e. The number of hydrogen-bond donors (Lipinski definition) is 2. The van der Waals surface area contributed by atoms with Gasteiger partial charge in [0.25, 0.3) is 5.91 Å². The smallest absolute Gasteiger partial charge is 0.252 e. The van der Waals surface area contributed by atoms with Gasteiger partial charge < -0.3 is 10.4 Å². The van der Waals surface area contributed by atoms with Crippen molar-refractivity contribution in [1.29, 1.82) is 0 Å². The molecule has 3 nitrogen and oxygen atoms in total. The number of halogens is 2. The first-order valence-corrected chi connectivity index (χ1v) is 5.13. The topological polar surface area (TPSA) is 49.3 Å². The number of carbonyl (C=O) groups is 1. The molecule has 0 atom stereocenters. The van der Waals surface area contributed by atoms with Crippen LogP contribution in [0.5, 0.6) is 0 Å². The van der Waals surface area contributed by atoms with Gasteiger partial charge in [-0.2, -0.15) is 0 Å². The van der Waals surface area contributed by atoms with Crippen LogP contribution in [-0.4, -0.2) is 23.2 Å². The second-order valence-electron chi connectivity index (χ2n) is 4.12. The Hall–Kier alpha value is -1.13. The predicted molar refractivity (Wildman–Crippen MR) is 60.0 cm³/mol. The molecule has 1 aromatic carbocycles. The van der Waals surface area contributed by atoms with E-state index in [0.29, 0.717) is 0 Å². The Bertz CT molecular complexity index is 401. The van der Waals surface area contributed by atoms with Crippen molar-refractivity contribution in [3.8, 4) is 0 Å². The van der Waals surface area contributed by atoms with E-state index in [-0.39, 0.29) is 17.1 Å². The van der Waals surface area contributed by atoms with Gasteiger partial charge in [0.05, 0.1) is 16.2 Å². The van der Waals surface area contributed by atoms with Crippen molar-refractivity contribution >= 4 is 17.5 Å². The molecular weight excluding hydrogens is 233 g/mol. The lowest BCUT2D eigenvalue weighted by Crippen LogP contribution is -2.38. The largest absolute Gasteiger partial charge is 0.389 e. The van der Waals surface area contributed by atoms with E-state index in [9.17, 15) is 14.3 Å². The van der Waals surface area contributed by atoms with Crippen molar-refractivity contribution in [1.82, 2.24) is 5.32 Å². The Morgan fingerprint density at radius 2 is 2.19 bits per heavy atom. The normalized spacial score (nSPS) is 11.3. The lowest BCUT2D eigenvalue weighted by Gasteiger charge is -2.17. The summed E-state index contributed by atoms with van der Waals surface area (Å²) in [7, 11) is 0. The van der Waals surface area contributed by atoms with E-state index in [0.717, 1.165) is 12.1 Å². The quantitative estimate of drug-likeness (QED) is 0.856. The molecule has 0 saturated carbocycles. The Kier molecular flexibility index (Phi) is 3.88. The van der Waals surface area contributed by atoms with Crippen LogP contribution >= 0.6 is 11.6 Å². The molecule has 0 aromatic heterocycles. The van der Waals surface area contributed by atoms with Crippen LogP contribution in [-0.2, 0) is 0 Å². The van der Waals surface area contributed by atoms with Crippen molar-refractivity contribution in [2.24, 2.45) is 0 Å². The first kappa shape index (κ1) is 12.9. The summed E-state index contributed by atoms with van der Waals surface area (Å²) in [6, 6.07) is 3.53. The highest BCUT2D eigenvalue weighted by Gasteiger charge is 2.16. The molecule has 0 aliphatic heterocycles. The number of nitrogens with one attached hydrogen (secondary N) is 1. The van der Waals surface area contributed by atoms with E-state index >= 15 is 0 Å². The Balaban J connectivity index is 2.74. The number of amides is 1. The monoisotopic (exact) mass is 245 g/mol. The number of benzene rings is 1. The van der Waals surface area contributed by atoms with Crippen LogP contribution in [0, 0.1) is 5.82 Å². The first-order valence-electron chi connectivity index (χ1n) is 4.75. The summed E-state index contributed by atoms with van der Waals surface area (Å²) in [5, 5.41) is 12.0. The van der Waals surface area contributed by atoms with Crippen LogP contribution in [0.2, 0.25) is 5.02 Å². The van der Waals surface area contributed by atoms with Crippen molar-refractivity contribution in [3.05, 3.63) is 34.6 Å².